The molecule has 0 aliphatic rings. The molecule has 5 nitrogen and oxygen atoms in total. The van der Waals surface area contributed by atoms with Crippen LogP contribution in [0.15, 0.2) is 41.0 Å². The van der Waals surface area contributed by atoms with Gasteiger partial charge in [-0.1, -0.05) is 0 Å². The lowest BCUT2D eigenvalue weighted by Gasteiger charge is -2.11. The molecule has 0 bridgehead atoms. The van der Waals surface area contributed by atoms with Gasteiger partial charge < -0.3 is 9.73 Å². The molecule has 0 radical (unpaired) electrons. The molecule has 2 rings (SSSR count). The van der Waals surface area contributed by atoms with E-state index in [0.717, 1.165) is 11.8 Å². The quantitative estimate of drug-likeness (QED) is 0.665. The third-order valence-electron chi connectivity index (χ3n) is 2.81. The van der Waals surface area contributed by atoms with E-state index in [1.165, 1.54) is 12.1 Å². The van der Waals surface area contributed by atoms with Crippen molar-refractivity contribution < 1.29 is 13.7 Å². The van der Waals surface area contributed by atoms with Crippen molar-refractivity contribution in [2.45, 2.75) is 19.5 Å². The standard InChI is InChI=1S/C13H13FN2O3/c1-9(13-3-2-6-19-13)15-8-10-7-11(14)4-5-12(10)16(17)18/h2-7,9,15H,8H2,1H3/t9-/m0/s1. The van der Waals surface area contributed by atoms with Crippen LogP contribution >= 0.6 is 0 Å². The van der Waals surface area contributed by atoms with E-state index in [9.17, 15) is 14.5 Å². The predicted molar refractivity (Wildman–Crippen MR) is 67.0 cm³/mol. The first-order valence-electron chi connectivity index (χ1n) is 5.77. The van der Waals surface area contributed by atoms with Crippen molar-refractivity contribution in [2.24, 2.45) is 0 Å². The van der Waals surface area contributed by atoms with Crippen molar-refractivity contribution in [2.75, 3.05) is 0 Å². The summed E-state index contributed by atoms with van der Waals surface area (Å²) in [5.74, 6) is 0.229. The fraction of sp³-hybridized carbons (Fsp3) is 0.231. The van der Waals surface area contributed by atoms with Gasteiger partial charge in [-0.2, -0.15) is 0 Å². The Labute approximate surface area is 109 Å². The first-order chi connectivity index (χ1) is 9.08. The van der Waals surface area contributed by atoms with Crippen LogP contribution in [0.4, 0.5) is 10.1 Å². The van der Waals surface area contributed by atoms with Crippen molar-refractivity contribution in [1.29, 1.82) is 0 Å². The molecule has 0 saturated heterocycles. The van der Waals surface area contributed by atoms with E-state index >= 15 is 0 Å². The minimum absolute atomic E-state index is 0.0967. The number of hydrogen-bond donors (Lipinski definition) is 1. The molecule has 19 heavy (non-hydrogen) atoms. The maximum Gasteiger partial charge on any atom is 0.274 e. The van der Waals surface area contributed by atoms with Crippen molar-refractivity contribution in [3.05, 3.63) is 63.9 Å². The number of halogens is 1. The number of hydrogen-bond acceptors (Lipinski definition) is 4. The molecule has 0 spiro atoms. The topological polar surface area (TPSA) is 68.3 Å². The minimum Gasteiger partial charge on any atom is -0.468 e. The highest BCUT2D eigenvalue weighted by molar-refractivity contribution is 5.40. The molecule has 1 aromatic carbocycles. The van der Waals surface area contributed by atoms with Crippen LogP contribution in [0, 0.1) is 15.9 Å². The highest BCUT2D eigenvalue weighted by Crippen LogP contribution is 2.21. The average Bonchev–Trinajstić information content (AvgIpc) is 2.89. The number of benzene rings is 1. The molecule has 1 N–H and O–H groups in total. The van der Waals surface area contributed by atoms with Crippen LogP contribution in [-0.2, 0) is 6.54 Å². The molecule has 1 atom stereocenters. The molecule has 2 aromatic rings. The molecule has 0 unspecified atom stereocenters. The largest absolute Gasteiger partial charge is 0.468 e. The fourth-order valence-corrected chi connectivity index (χ4v) is 1.78. The number of rotatable bonds is 5. The Kier molecular flexibility index (Phi) is 3.91. The summed E-state index contributed by atoms with van der Waals surface area (Å²) in [7, 11) is 0. The maximum atomic E-state index is 13.1. The SMILES string of the molecule is C[C@H](NCc1cc(F)ccc1[N+](=O)[O-])c1ccco1. The number of nitrogens with one attached hydrogen (secondary N) is 1. The van der Waals surface area contributed by atoms with E-state index in [-0.39, 0.29) is 18.3 Å². The lowest BCUT2D eigenvalue weighted by Crippen LogP contribution is -2.18. The molecular weight excluding hydrogens is 251 g/mol. The Hall–Kier alpha value is -2.21. The van der Waals surface area contributed by atoms with E-state index in [1.54, 1.807) is 18.4 Å². The van der Waals surface area contributed by atoms with E-state index < -0.39 is 10.7 Å². The smallest absolute Gasteiger partial charge is 0.274 e. The highest BCUT2D eigenvalue weighted by Gasteiger charge is 2.15. The third-order valence-corrected chi connectivity index (χ3v) is 2.81. The Balaban J connectivity index is 2.10. The zero-order chi connectivity index (χ0) is 13.8. The van der Waals surface area contributed by atoms with Crippen molar-refractivity contribution in [1.82, 2.24) is 5.32 Å². The Morgan fingerprint density at radius 2 is 2.26 bits per heavy atom. The molecule has 6 heteroatoms. The van der Waals surface area contributed by atoms with Crippen LogP contribution in [0.5, 0.6) is 0 Å². The van der Waals surface area contributed by atoms with E-state index in [0.29, 0.717) is 5.56 Å². The van der Waals surface area contributed by atoms with Gasteiger partial charge in [-0.05, 0) is 31.2 Å². The summed E-state index contributed by atoms with van der Waals surface area (Å²) in [6.45, 7) is 2.06. The molecule has 0 aliphatic carbocycles. The van der Waals surface area contributed by atoms with E-state index in [4.69, 9.17) is 4.42 Å². The van der Waals surface area contributed by atoms with Crippen LogP contribution in [0.2, 0.25) is 0 Å². The van der Waals surface area contributed by atoms with Crippen molar-refractivity contribution >= 4 is 5.69 Å². The second-order valence-corrected chi connectivity index (χ2v) is 4.15. The summed E-state index contributed by atoms with van der Waals surface area (Å²) in [6, 6.07) is 6.87. The molecule has 1 heterocycles. The monoisotopic (exact) mass is 264 g/mol. The van der Waals surface area contributed by atoms with Crippen LogP contribution < -0.4 is 5.32 Å². The second-order valence-electron chi connectivity index (χ2n) is 4.15. The van der Waals surface area contributed by atoms with E-state index in [2.05, 4.69) is 5.32 Å². The van der Waals surface area contributed by atoms with Gasteiger partial charge in [0, 0.05) is 18.2 Å². The van der Waals surface area contributed by atoms with Gasteiger partial charge in [0.25, 0.3) is 5.69 Å². The second kappa shape index (κ2) is 5.62. The highest BCUT2D eigenvalue weighted by atomic mass is 19.1. The summed E-state index contributed by atoms with van der Waals surface area (Å²) in [5, 5.41) is 13.9. The number of nitro groups is 1. The molecule has 0 fully saturated rings. The molecule has 1 aromatic heterocycles. The normalized spacial score (nSPS) is 12.3. The molecular formula is C13H13FN2O3. The summed E-state index contributed by atoms with van der Waals surface area (Å²) in [4.78, 5) is 10.3. The van der Waals surface area contributed by atoms with Crippen LogP contribution in [0.25, 0.3) is 0 Å². The Morgan fingerprint density at radius 3 is 2.89 bits per heavy atom. The number of nitro benzene ring substituents is 1. The summed E-state index contributed by atoms with van der Waals surface area (Å²) in [6.07, 6.45) is 1.55. The average molecular weight is 264 g/mol. The van der Waals surface area contributed by atoms with Gasteiger partial charge in [-0.25, -0.2) is 4.39 Å². The lowest BCUT2D eigenvalue weighted by atomic mass is 10.1. The minimum atomic E-state index is -0.520. The lowest BCUT2D eigenvalue weighted by molar-refractivity contribution is -0.385. The number of nitrogens with zero attached hydrogens (tertiary/aromatic N) is 1. The van der Waals surface area contributed by atoms with Crippen LogP contribution in [0.3, 0.4) is 0 Å². The maximum absolute atomic E-state index is 13.1. The van der Waals surface area contributed by atoms with Gasteiger partial charge in [-0.3, -0.25) is 10.1 Å². The van der Waals surface area contributed by atoms with Gasteiger partial charge in [0.05, 0.1) is 17.2 Å². The zero-order valence-electron chi connectivity index (χ0n) is 10.3. The van der Waals surface area contributed by atoms with Gasteiger partial charge in [0.15, 0.2) is 0 Å². The van der Waals surface area contributed by atoms with Gasteiger partial charge in [-0.15, -0.1) is 0 Å². The fourth-order valence-electron chi connectivity index (χ4n) is 1.78. The Morgan fingerprint density at radius 1 is 1.47 bits per heavy atom. The number of furan rings is 1. The van der Waals surface area contributed by atoms with Gasteiger partial charge >= 0.3 is 0 Å². The molecule has 0 saturated carbocycles. The predicted octanol–water partition coefficient (Wildman–Crippen LogP) is 3.18. The van der Waals surface area contributed by atoms with Crippen LogP contribution in [0.1, 0.15) is 24.3 Å². The van der Waals surface area contributed by atoms with Crippen molar-refractivity contribution in [3.63, 3.8) is 0 Å². The zero-order valence-corrected chi connectivity index (χ0v) is 10.3. The third kappa shape index (κ3) is 3.17. The summed E-state index contributed by atoms with van der Waals surface area (Å²) < 4.78 is 18.4. The molecule has 0 aliphatic heterocycles. The van der Waals surface area contributed by atoms with Gasteiger partial charge in [0.1, 0.15) is 11.6 Å². The summed E-state index contributed by atoms with van der Waals surface area (Å²) in [5.41, 5.74) is 0.212. The molecule has 0 amide bonds. The molecule has 100 valence electrons. The Bertz CT molecular complexity index is 569. The first kappa shape index (κ1) is 13.2. The summed E-state index contributed by atoms with van der Waals surface area (Å²) >= 11 is 0. The van der Waals surface area contributed by atoms with E-state index in [1.807, 2.05) is 6.92 Å². The first-order valence-corrected chi connectivity index (χ1v) is 5.77. The van der Waals surface area contributed by atoms with Crippen LogP contribution in [-0.4, -0.2) is 4.92 Å². The van der Waals surface area contributed by atoms with Gasteiger partial charge in [0.2, 0.25) is 0 Å². The van der Waals surface area contributed by atoms with Crippen molar-refractivity contribution in [3.8, 4) is 0 Å².